The number of benzene rings is 7. The Labute approximate surface area is 423 Å². The minimum Gasteiger partial charge on any atom is -0.501 e. The van der Waals surface area contributed by atoms with Gasteiger partial charge in [0.25, 0.3) is 0 Å². The molecule has 0 saturated heterocycles. The first-order valence-corrected chi connectivity index (χ1v) is 23.1. The summed E-state index contributed by atoms with van der Waals surface area (Å²) in [7, 11) is 0. The van der Waals surface area contributed by atoms with E-state index >= 15 is 0 Å². The van der Waals surface area contributed by atoms with Crippen LogP contribution in [0.15, 0.2) is 195 Å². The summed E-state index contributed by atoms with van der Waals surface area (Å²) >= 11 is 0. The third-order valence-corrected chi connectivity index (χ3v) is 13.4. The third kappa shape index (κ3) is 6.95. The quantitative estimate of drug-likeness (QED) is 0.149. The number of aryl methyl sites for hydroxylation is 1. The largest absolute Gasteiger partial charge is 2.00 e. The van der Waals surface area contributed by atoms with E-state index in [0.717, 1.165) is 88.1 Å². The third-order valence-electron chi connectivity index (χ3n) is 13.4. The number of pyridine rings is 3. The van der Waals surface area contributed by atoms with Crippen LogP contribution in [0.3, 0.4) is 0 Å². The monoisotopic (exact) mass is 1090 g/mol. The zero-order valence-corrected chi connectivity index (χ0v) is 40.7. The van der Waals surface area contributed by atoms with Crippen molar-refractivity contribution in [2.24, 2.45) is 0 Å². The Morgan fingerprint density at radius 2 is 1.06 bits per heavy atom. The van der Waals surface area contributed by atoms with Crippen molar-refractivity contribution in [3.05, 3.63) is 218 Å². The summed E-state index contributed by atoms with van der Waals surface area (Å²) in [5, 5.41) is 6.26. The second-order valence-electron chi connectivity index (χ2n) is 18.5. The normalized spacial score (nSPS) is 12.7. The van der Waals surface area contributed by atoms with Gasteiger partial charge in [-0.3, -0.25) is 0 Å². The molecule has 0 aliphatic carbocycles. The van der Waals surface area contributed by atoms with Crippen LogP contribution in [-0.2, 0) is 26.5 Å². The molecule has 0 unspecified atom stereocenters. The number of rotatable bonds is 7. The molecule has 13 rings (SSSR count). The van der Waals surface area contributed by atoms with Crippen molar-refractivity contribution in [1.82, 2.24) is 28.7 Å². The minimum absolute atomic E-state index is 0. The standard InChI is InChI=1S/C62H44N6O.Pt/c1-39-32-60(68-56-25-14-9-20-48(56)49-29-28-42(35-59(49)68)69-43-33-40(36-63-37-43)51-34-41(30-31-64-51)62(2,3)4)65-38-50(39)61-57(66-52-21-10-5-16-44(52)45-17-6-11-22-53(45)66)26-15-27-58(61)67-54-23-12-7-18-46(54)47-19-8-13-24-55(47)67;/h5-32,34,36-38H,1-4H3;/q-2;+2/i1D3;. The average Bonchev–Trinajstić information content (AvgIpc) is 4.04. The van der Waals surface area contributed by atoms with E-state index in [1.165, 1.54) is 0 Å². The summed E-state index contributed by atoms with van der Waals surface area (Å²) in [6.45, 7) is 3.93. The first-order valence-electron chi connectivity index (χ1n) is 24.6. The van der Waals surface area contributed by atoms with Gasteiger partial charge in [0, 0.05) is 60.4 Å². The Bertz CT molecular complexity index is 4080. The molecular formula is C62H44N6OPt. The van der Waals surface area contributed by atoms with E-state index in [1.807, 2.05) is 71.4 Å². The van der Waals surface area contributed by atoms with Crippen molar-refractivity contribution in [3.63, 3.8) is 0 Å². The van der Waals surface area contributed by atoms with E-state index in [-0.39, 0.29) is 32.0 Å². The van der Waals surface area contributed by atoms with Crippen molar-refractivity contribution < 1.29 is 29.9 Å². The average molecular weight is 1090 g/mol. The van der Waals surface area contributed by atoms with Crippen molar-refractivity contribution in [2.75, 3.05) is 0 Å². The van der Waals surface area contributed by atoms with Crippen LogP contribution in [0.4, 0.5) is 0 Å². The number of aromatic nitrogens is 6. The van der Waals surface area contributed by atoms with Gasteiger partial charge in [0.1, 0.15) is 5.82 Å². The van der Waals surface area contributed by atoms with Gasteiger partial charge in [-0.25, -0.2) is 4.98 Å². The van der Waals surface area contributed by atoms with Gasteiger partial charge < -0.3 is 28.4 Å². The summed E-state index contributed by atoms with van der Waals surface area (Å²) in [5.41, 5.74) is 11.1. The second-order valence-corrected chi connectivity index (χ2v) is 18.5. The van der Waals surface area contributed by atoms with Gasteiger partial charge in [-0.1, -0.05) is 142 Å². The summed E-state index contributed by atoms with van der Waals surface area (Å²) < 4.78 is 41.0. The fourth-order valence-electron chi connectivity index (χ4n) is 10.2. The predicted molar refractivity (Wildman–Crippen MR) is 281 cm³/mol. The molecule has 70 heavy (non-hydrogen) atoms. The van der Waals surface area contributed by atoms with Gasteiger partial charge in [-0.15, -0.1) is 23.1 Å². The molecule has 0 saturated carbocycles. The SMILES string of the molecule is [2H]C([2H])([2H])c1cc(-n2c3[c-]c(Oc4[c-]c(-c5cc(C(C)(C)C)ccn5)cnc4)ccc3c3ccccc32)ncc1-c1c(-n2c3ccccc3c3ccccc32)cccc1-n1c2ccccc2c2ccccc21.[Pt+2]. The number of ether oxygens (including phenoxy) is 1. The molecule has 0 aliphatic rings. The Morgan fingerprint density at radius 1 is 0.514 bits per heavy atom. The van der Waals surface area contributed by atoms with Crippen molar-refractivity contribution in [1.29, 1.82) is 0 Å². The summed E-state index contributed by atoms with van der Waals surface area (Å²) in [6, 6.07) is 64.4. The van der Waals surface area contributed by atoms with Crippen LogP contribution >= 0.6 is 0 Å². The van der Waals surface area contributed by atoms with Crippen LogP contribution in [0.25, 0.3) is 105 Å². The van der Waals surface area contributed by atoms with Crippen LogP contribution in [0, 0.1) is 19.0 Å². The Balaban J connectivity index is 0.00000543. The molecule has 0 bridgehead atoms. The molecule has 8 heteroatoms. The van der Waals surface area contributed by atoms with Crippen LogP contribution < -0.4 is 4.74 Å². The fourth-order valence-corrected chi connectivity index (χ4v) is 10.2. The predicted octanol–water partition coefficient (Wildman–Crippen LogP) is 15.5. The minimum atomic E-state index is -2.58. The van der Waals surface area contributed by atoms with E-state index in [4.69, 9.17) is 9.72 Å². The zero-order chi connectivity index (χ0) is 48.9. The molecule has 13 aromatic rings. The smallest absolute Gasteiger partial charge is 0.501 e. The summed E-state index contributed by atoms with van der Waals surface area (Å²) in [4.78, 5) is 14.4. The van der Waals surface area contributed by atoms with Gasteiger partial charge in [-0.2, -0.15) is 6.07 Å². The second kappa shape index (κ2) is 16.8. The van der Waals surface area contributed by atoms with Gasteiger partial charge in [-0.05, 0) is 95.3 Å². The van der Waals surface area contributed by atoms with E-state index in [2.05, 4.69) is 155 Å². The molecule has 6 aromatic heterocycles. The van der Waals surface area contributed by atoms with E-state index in [1.54, 1.807) is 24.7 Å². The number of hydrogen-bond acceptors (Lipinski definition) is 4. The molecule has 0 aliphatic heterocycles. The van der Waals surface area contributed by atoms with Gasteiger partial charge in [0.2, 0.25) is 0 Å². The molecule has 7 aromatic carbocycles. The fraction of sp³-hybridized carbons (Fsp3) is 0.0806. The van der Waals surface area contributed by atoms with Crippen LogP contribution in [0.2, 0.25) is 0 Å². The van der Waals surface area contributed by atoms with Gasteiger partial charge >= 0.3 is 21.1 Å². The molecule has 6 heterocycles. The molecule has 7 nitrogen and oxygen atoms in total. The Kier molecular flexibility index (Phi) is 9.58. The first kappa shape index (κ1) is 39.8. The number of hydrogen-bond donors (Lipinski definition) is 0. The number of nitrogens with zero attached hydrogens (tertiary/aromatic N) is 6. The molecule has 338 valence electrons. The maximum absolute atomic E-state index is 9.35. The van der Waals surface area contributed by atoms with Crippen LogP contribution in [0.1, 0.15) is 36.0 Å². The van der Waals surface area contributed by atoms with Crippen molar-refractivity contribution >= 4 is 65.4 Å². The van der Waals surface area contributed by atoms with Gasteiger partial charge in [0.05, 0.1) is 39.2 Å². The molecule has 0 atom stereocenters. The summed E-state index contributed by atoms with van der Waals surface area (Å²) in [6.07, 6.45) is 6.91. The van der Waals surface area contributed by atoms with Gasteiger partial charge in [0.15, 0.2) is 0 Å². The topological polar surface area (TPSA) is 62.7 Å². The van der Waals surface area contributed by atoms with E-state index < -0.39 is 6.85 Å². The van der Waals surface area contributed by atoms with Crippen molar-refractivity contribution in [3.8, 4) is 51.1 Å². The molecule has 0 fully saturated rings. The van der Waals surface area contributed by atoms with Crippen LogP contribution in [-0.4, -0.2) is 28.7 Å². The molecule has 0 amide bonds. The Hall–Kier alpha value is -8.12. The number of para-hydroxylation sites is 5. The summed E-state index contributed by atoms with van der Waals surface area (Å²) in [5.74, 6) is 1.26. The molecule has 0 radical (unpaired) electrons. The molecular weight excluding hydrogens is 1040 g/mol. The molecule has 0 N–H and O–H groups in total. The van der Waals surface area contributed by atoms with E-state index in [0.29, 0.717) is 34.0 Å². The zero-order valence-electron chi connectivity index (χ0n) is 41.4. The van der Waals surface area contributed by atoms with Crippen molar-refractivity contribution in [2.45, 2.75) is 33.0 Å². The molecule has 0 spiro atoms. The maximum Gasteiger partial charge on any atom is 2.00 e. The van der Waals surface area contributed by atoms with Crippen LogP contribution in [0.5, 0.6) is 11.5 Å². The number of fused-ring (bicyclic) bond motifs is 9. The van der Waals surface area contributed by atoms with E-state index in [9.17, 15) is 4.11 Å². The Morgan fingerprint density at radius 3 is 1.61 bits per heavy atom. The maximum atomic E-state index is 9.35. The first-order chi connectivity index (χ1) is 35.0.